The van der Waals surface area contributed by atoms with Crippen LogP contribution in [0.3, 0.4) is 0 Å². The van der Waals surface area contributed by atoms with Gasteiger partial charge in [-0.15, -0.1) is 0 Å². The van der Waals surface area contributed by atoms with Crippen molar-refractivity contribution >= 4 is 21.7 Å². The van der Waals surface area contributed by atoms with Crippen molar-refractivity contribution in [3.05, 3.63) is 48.3 Å². The lowest BCUT2D eigenvalue weighted by Gasteiger charge is -2.13. The van der Waals surface area contributed by atoms with Crippen LogP contribution in [0.15, 0.2) is 47.6 Å². The number of benzene rings is 1. The number of aromatic nitrogens is 1. The Kier molecular flexibility index (Phi) is 5.17. The number of esters is 1. The van der Waals surface area contributed by atoms with Crippen LogP contribution in [0.1, 0.15) is 17.3 Å². The van der Waals surface area contributed by atoms with E-state index in [0.29, 0.717) is 12.4 Å². The van der Waals surface area contributed by atoms with Crippen LogP contribution >= 0.6 is 0 Å². The average molecular weight is 336 g/mol. The van der Waals surface area contributed by atoms with Gasteiger partial charge in [0.25, 0.3) is 10.0 Å². The molecule has 1 aromatic heterocycles. The van der Waals surface area contributed by atoms with Gasteiger partial charge in [-0.2, -0.15) is 0 Å². The predicted molar refractivity (Wildman–Crippen MR) is 84.0 cm³/mol. The number of ether oxygens (including phenoxy) is 2. The number of anilines is 1. The molecule has 0 radical (unpaired) electrons. The lowest BCUT2D eigenvalue weighted by molar-refractivity contribution is 0.0596. The molecule has 0 saturated heterocycles. The number of carbonyl (C=O) groups is 1. The van der Waals surface area contributed by atoms with Crippen molar-refractivity contribution in [2.24, 2.45) is 0 Å². The first kappa shape index (κ1) is 16.8. The molecule has 122 valence electrons. The van der Waals surface area contributed by atoms with Gasteiger partial charge in [-0.1, -0.05) is 12.1 Å². The normalized spacial score (nSPS) is 10.9. The topological polar surface area (TPSA) is 94.6 Å². The number of nitrogens with zero attached hydrogens (tertiary/aromatic N) is 1. The maximum absolute atomic E-state index is 12.6. The van der Waals surface area contributed by atoms with E-state index in [9.17, 15) is 13.2 Å². The van der Waals surface area contributed by atoms with Gasteiger partial charge in [-0.05, 0) is 19.1 Å². The number of hydrogen-bond donors (Lipinski definition) is 1. The zero-order valence-electron chi connectivity index (χ0n) is 12.6. The molecule has 0 aliphatic carbocycles. The maximum atomic E-state index is 12.6. The van der Waals surface area contributed by atoms with E-state index in [4.69, 9.17) is 4.74 Å². The molecule has 8 heteroatoms. The maximum Gasteiger partial charge on any atom is 0.339 e. The van der Waals surface area contributed by atoms with Gasteiger partial charge in [0, 0.05) is 12.3 Å². The summed E-state index contributed by atoms with van der Waals surface area (Å²) in [5, 5.41) is 0. The Balaban J connectivity index is 2.43. The third-order valence-corrected chi connectivity index (χ3v) is 4.33. The second kappa shape index (κ2) is 7.10. The number of nitrogens with one attached hydrogen (secondary N) is 1. The highest BCUT2D eigenvalue weighted by atomic mass is 32.2. The van der Waals surface area contributed by atoms with E-state index in [1.165, 1.54) is 37.7 Å². The molecule has 1 heterocycles. The van der Waals surface area contributed by atoms with Crippen LogP contribution < -0.4 is 9.46 Å². The Bertz CT molecular complexity index is 805. The number of carbonyl (C=O) groups excluding carboxylic acids is 1. The molecule has 0 fully saturated rings. The van der Waals surface area contributed by atoms with E-state index in [-0.39, 0.29) is 16.1 Å². The van der Waals surface area contributed by atoms with E-state index in [1.54, 1.807) is 19.1 Å². The van der Waals surface area contributed by atoms with Crippen LogP contribution in [0.4, 0.5) is 5.69 Å². The van der Waals surface area contributed by atoms with Gasteiger partial charge < -0.3 is 9.47 Å². The Morgan fingerprint density at radius 1 is 1.26 bits per heavy atom. The summed E-state index contributed by atoms with van der Waals surface area (Å²) >= 11 is 0. The zero-order valence-corrected chi connectivity index (χ0v) is 13.5. The molecule has 0 amide bonds. The Hall–Kier alpha value is -2.61. The highest BCUT2D eigenvalue weighted by molar-refractivity contribution is 7.92. The number of sulfonamides is 1. The highest BCUT2D eigenvalue weighted by Crippen LogP contribution is 2.26. The lowest BCUT2D eigenvalue weighted by atomic mass is 10.2. The van der Waals surface area contributed by atoms with Crippen LogP contribution in [0, 0.1) is 0 Å². The first-order chi connectivity index (χ1) is 11.0. The Morgan fingerprint density at radius 2 is 2.00 bits per heavy atom. The molecule has 0 unspecified atom stereocenters. The standard InChI is InChI=1S/C15H16N2O5S/c1-3-22-13-8-9-16-10-12(13)17-23(19,20)14-7-5-4-6-11(14)15(18)21-2/h4-10,17H,3H2,1-2H3. The van der Waals surface area contributed by atoms with Gasteiger partial charge >= 0.3 is 5.97 Å². The van der Waals surface area contributed by atoms with Crippen LogP contribution in [-0.2, 0) is 14.8 Å². The summed E-state index contributed by atoms with van der Waals surface area (Å²) in [5.41, 5.74) is 0.137. The molecular weight excluding hydrogens is 320 g/mol. The van der Waals surface area contributed by atoms with Gasteiger partial charge in [0.05, 0.1) is 25.5 Å². The van der Waals surface area contributed by atoms with Gasteiger partial charge in [0.15, 0.2) is 0 Å². The smallest absolute Gasteiger partial charge is 0.339 e. The minimum atomic E-state index is -4.01. The third-order valence-electron chi connectivity index (χ3n) is 2.91. The van der Waals surface area contributed by atoms with E-state index >= 15 is 0 Å². The summed E-state index contributed by atoms with van der Waals surface area (Å²) in [7, 11) is -2.82. The molecule has 0 aliphatic rings. The molecule has 0 bridgehead atoms. The first-order valence-corrected chi connectivity index (χ1v) is 8.25. The lowest BCUT2D eigenvalue weighted by Crippen LogP contribution is -2.18. The molecule has 2 aromatic rings. The summed E-state index contributed by atoms with van der Waals surface area (Å²) in [6, 6.07) is 7.33. The van der Waals surface area contributed by atoms with Crippen molar-refractivity contribution in [1.82, 2.24) is 4.98 Å². The fourth-order valence-corrected chi connectivity index (χ4v) is 3.17. The number of hydrogen-bond acceptors (Lipinski definition) is 6. The minimum absolute atomic E-state index is 0.0515. The van der Waals surface area contributed by atoms with Crippen molar-refractivity contribution < 1.29 is 22.7 Å². The van der Waals surface area contributed by atoms with Crippen molar-refractivity contribution in [1.29, 1.82) is 0 Å². The molecule has 1 aromatic carbocycles. The van der Waals surface area contributed by atoms with Gasteiger partial charge in [0.1, 0.15) is 16.3 Å². The van der Waals surface area contributed by atoms with Gasteiger partial charge in [-0.3, -0.25) is 9.71 Å². The van der Waals surface area contributed by atoms with Crippen LogP contribution in [0.25, 0.3) is 0 Å². The van der Waals surface area contributed by atoms with Gasteiger partial charge in [0.2, 0.25) is 0 Å². The molecular formula is C15H16N2O5S. The molecule has 1 N–H and O–H groups in total. The van der Waals surface area contributed by atoms with Gasteiger partial charge in [-0.25, -0.2) is 13.2 Å². The molecule has 0 spiro atoms. The summed E-state index contributed by atoms with van der Waals surface area (Å²) < 4.78 is 37.6. The molecule has 23 heavy (non-hydrogen) atoms. The first-order valence-electron chi connectivity index (χ1n) is 6.76. The van der Waals surface area contributed by atoms with Crippen molar-refractivity contribution in [3.63, 3.8) is 0 Å². The largest absolute Gasteiger partial charge is 0.492 e. The van der Waals surface area contributed by atoms with E-state index < -0.39 is 16.0 Å². The van der Waals surface area contributed by atoms with Crippen molar-refractivity contribution in [3.8, 4) is 5.75 Å². The zero-order chi connectivity index (χ0) is 16.9. The summed E-state index contributed by atoms with van der Waals surface area (Å²) in [5.74, 6) is -0.385. The van der Waals surface area contributed by atoms with Crippen molar-refractivity contribution in [2.75, 3.05) is 18.4 Å². The fourth-order valence-electron chi connectivity index (χ4n) is 1.92. The fraction of sp³-hybridized carbons (Fsp3) is 0.200. The molecule has 0 atom stereocenters. The van der Waals surface area contributed by atoms with Crippen molar-refractivity contribution in [2.45, 2.75) is 11.8 Å². The average Bonchev–Trinajstić information content (AvgIpc) is 2.56. The summed E-state index contributed by atoms with van der Waals surface area (Å²) in [6.45, 7) is 2.16. The molecule has 7 nitrogen and oxygen atoms in total. The van der Waals surface area contributed by atoms with E-state index in [1.807, 2.05) is 0 Å². The second-order valence-corrected chi connectivity index (χ2v) is 6.05. The second-order valence-electron chi connectivity index (χ2n) is 4.40. The quantitative estimate of drug-likeness (QED) is 0.812. The summed E-state index contributed by atoms with van der Waals surface area (Å²) in [6.07, 6.45) is 2.83. The summed E-state index contributed by atoms with van der Waals surface area (Å²) in [4.78, 5) is 15.4. The number of rotatable bonds is 6. The SMILES string of the molecule is CCOc1ccncc1NS(=O)(=O)c1ccccc1C(=O)OC. The van der Waals surface area contributed by atoms with Crippen LogP contribution in [0.2, 0.25) is 0 Å². The molecule has 0 saturated carbocycles. The molecule has 2 rings (SSSR count). The van der Waals surface area contributed by atoms with E-state index in [2.05, 4.69) is 14.4 Å². The Morgan fingerprint density at radius 3 is 2.70 bits per heavy atom. The van der Waals surface area contributed by atoms with Crippen LogP contribution in [-0.4, -0.2) is 33.1 Å². The third kappa shape index (κ3) is 3.78. The van der Waals surface area contributed by atoms with E-state index in [0.717, 1.165) is 0 Å². The number of methoxy groups -OCH3 is 1. The number of pyridine rings is 1. The predicted octanol–water partition coefficient (Wildman–Crippen LogP) is 2.07. The minimum Gasteiger partial charge on any atom is -0.492 e. The van der Waals surface area contributed by atoms with Crippen LogP contribution in [0.5, 0.6) is 5.75 Å². The highest BCUT2D eigenvalue weighted by Gasteiger charge is 2.23. The monoisotopic (exact) mass is 336 g/mol. The molecule has 0 aliphatic heterocycles. The Labute approximate surface area is 134 Å².